The van der Waals surface area contributed by atoms with E-state index >= 15 is 0 Å². The molecule has 1 aliphatic carbocycles. The van der Waals surface area contributed by atoms with Crippen LogP contribution in [0.5, 0.6) is 11.5 Å². The number of piperidine rings is 3. The molecule has 3 fully saturated rings. The number of carbonyl (C=O) groups excluding carboxylic acids is 1. The van der Waals surface area contributed by atoms with Gasteiger partial charge in [-0.2, -0.15) is 5.10 Å². The Bertz CT molecular complexity index is 1110. The number of ether oxygens (including phenoxy) is 2. The van der Waals surface area contributed by atoms with Gasteiger partial charge in [0.1, 0.15) is 5.69 Å². The standard InChI is InChI=1S/C27H34N4O3/c1-33-24-9-8-17(14-25(24)34-2)21-15-22(29-28-21)27(32)31-11-5-6-18-12-19-13-20(26(18)31)16-30-10-4-3-7-23(19)30/h8-9,12,14-15,19-20,23,26H,3-7,10-11,13,16H2,1-2H3,(H,28,29)/t19-,20-,23-,26-/m0/s1. The zero-order chi connectivity index (χ0) is 23.2. The summed E-state index contributed by atoms with van der Waals surface area (Å²) >= 11 is 0. The molecule has 4 heterocycles. The number of methoxy groups -OCH3 is 2. The quantitative estimate of drug-likeness (QED) is 0.692. The minimum absolute atomic E-state index is 0.0639. The van der Waals surface area contributed by atoms with Crippen molar-refractivity contribution in [2.75, 3.05) is 33.9 Å². The summed E-state index contributed by atoms with van der Waals surface area (Å²) < 4.78 is 10.8. The third-order valence-corrected chi connectivity index (χ3v) is 8.41. The predicted octanol–water partition coefficient (Wildman–Crippen LogP) is 4.13. The Kier molecular flexibility index (Phi) is 5.60. The summed E-state index contributed by atoms with van der Waals surface area (Å²) in [4.78, 5) is 18.6. The highest BCUT2D eigenvalue weighted by molar-refractivity contribution is 5.94. The number of aromatic nitrogens is 2. The van der Waals surface area contributed by atoms with Crippen molar-refractivity contribution in [1.82, 2.24) is 20.0 Å². The number of nitrogens with zero attached hydrogens (tertiary/aromatic N) is 3. The number of carbonyl (C=O) groups is 1. The van der Waals surface area contributed by atoms with Gasteiger partial charge in [0.05, 0.1) is 26.0 Å². The second-order valence-corrected chi connectivity index (χ2v) is 10.2. The summed E-state index contributed by atoms with van der Waals surface area (Å²) in [6.07, 6.45) is 9.96. The van der Waals surface area contributed by atoms with E-state index in [2.05, 4.69) is 26.1 Å². The molecule has 1 aromatic carbocycles. The van der Waals surface area contributed by atoms with E-state index in [1.807, 2.05) is 24.3 Å². The number of hydrogen-bond acceptors (Lipinski definition) is 5. The third kappa shape index (κ3) is 3.61. The fourth-order valence-electron chi connectivity index (χ4n) is 6.93. The highest BCUT2D eigenvalue weighted by Gasteiger charge is 2.47. The van der Waals surface area contributed by atoms with Crippen LogP contribution in [0.4, 0.5) is 0 Å². The molecule has 4 aliphatic rings. The van der Waals surface area contributed by atoms with E-state index in [1.165, 1.54) is 37.8 Å². The Hall–Kier alpha value is -2.80. The predicted molar refractivity (Wildman–Crippen MR) is 130 cm³/mol. The molecule has 0 spiro atoms. The van der Waals surface area contributed by atoms with Gasteiger partial charge in [-0.25, -0.2) is 0 Å². The molecule has 0 saturated carbocycles. The van der Waals surface area contributed by atoms with Crippen LogP contribution in [0, 0.1) is 11.8 Å². The molecule has 4 atom stereocenters. The lowest BCUT2D eigenvalue weighted by molar-refractivity contribution is 0.00131. The fraction of sp³-hybridized carbons (Fsp3) is 0.556. The van der Waals surface area contributed by atoms with E-state index < -0.39 is 0 Å². The summed E-state index contributed by atoms with van der Waals surface area (Å²) in [7, 11) is 3.24. The van der Waals surface area contributed by atoms with Gasteiger partial charge in [-0.1, -0.05) is 18.1 Å². The van der Waals surface area contributed by atoms with Crippen LogP contribution in [0.1, 0.15) is 49.0 Å². The largest absolute Gasteiger partial charge is 0.493 e. The summed E-state index contributed by atoms with van der Waals surface area (Å²) in [5.41, 5.74) is 3.68. The summed E-state index contributed by atoms with van der Waals surface area (Å²) in [6.45, 7) is 3.17. The first kappa shape index (κ1) is 21.7. The number of likely N-dealkylation sites (tertiary alicyclic amines) is 1. The van der Waals surface area contributed by atoms with Gasteiger partial charge in [-0.05, 0) is 74.8 Å². The van der Waals surface area contributed by atoms with Crippen molar-refractivity contribution in [1.29, 1.82) is 0 Å². The third-order valence-electron chi connectivity index (χ3n) is 8.41. The van der Waals surface area contributed by atoms with Gasteiger partial charge in [-0.15, -0.1) is 0 Å². The molecule has 7 heteroatoms. The molecule has 1 N–H and O–H groups in total. The lowest BCUT2D eigenvalue weighted by Crippen LogP contribution is -2.60. The SMILES string of the molecule is COc1ccc(-c2cc(C(=O)N3CCCC4=C[C@H]5C[C@@H](CN6CCCC[C@@H]56)[C@H]43)[nH]n2)cc1OC. The van der Waals surface area contributed by atoms with Gasteiger partial charge in [0.2, 0.25) is 0 Å². The topological polar surface area (TPSA) is 70.7 Å². The molecule has 0 radical (unpaired) electrons. The molecule has 3 aliphatic heterocycles. The van der Waals surface area contributed by atoms with Gasteiger partial charge in [0.25, 0.3) is 5.91 Å². The second kappa shape index (κ2) is 8.77. The molecule has 1 aromatic heterocycles. The Morgan fingerprint density at radius 2 is 1.97 bits per heavy atom. The first-order chi connectivity index (χ1) is 16.7. The van der Waals surface area contributed by atoms with Crippen molar-refractivity contribution >= 4 is 5.91 Å². The maximum Gasteiger partial charge on any atom is 0.272 e. The molecule has 2 bridgehead atoms. The van der Waals surface area contributed by atoms with Gasteiger partial charge in [0.15, 0.2) is 11.5 Å². The van der Waals surface area contributed by atoms with E-state index in [9.17, 15) is 4.79 Å². The van der Waals surface area contributed by atoms with Crippen LogP contribution >= 0.6 is 0 Å². The number of H-pyrrole nitrogens is 1. The van der Waals surface area contributed by atoms with Gasteiger partial charge in [0, 0.05) is 24.7 Å². The monoisotopic (exact) mass is 462 g/mol. The lowest BCUT2D eigenvalue weighted by Gasteiger charge is -2.54. The summed E-state index contributed by atoms with van der Waals surface area (Å²) in [6, 6.07) is 8.51. The van der Waals surface area contributed by atoms with Gasteiger partial charge >= 0.3 is 0 Å². The zero-order valence-electron chi connectivity index (χ0n) is 20.1. The molecule has 6 rings (SSSR count). The van der Waals surface area contributed by atoms with E-state index in [-0.39, 0.29) is 11.9 Å². The van der Waals surface area contributed by atoms with E-state index in [4.69, 9.17) is 9.47 Å². The maximum atomic E-state index is 13.7. The number of nitrogens with one attached hydrogen (secondary N) is 1. The minimum atomic E-state index is 0.0639. The minimum Gasteiger partial charge on any atom is -0.493 e. The van der Waals surface area contributed by atoms with Crippen LogP contribution in [0.15, 0.2) is 35.9 Å². The number of hydrogen-bond donors (Lipinski definition) is 1. The number of fused-ring (bicyclic) bond motifs is 6. The fourth-order valence-corrected chi connectivity index (χ4v) is 6.93. The van der Waals surface area contributed by atoms with Crippen molar-refractivity contribution < 1.29 is 14.3 Å². The average molecular weight is 463 g/mol. The van der Waals surface area contributed by atoms with Crippen LogP contribution in [0.25, 0.3) is 11.3 Å². The van der Waals surface area contributed by atoms with Crippen molar-refractivity contribution in [3.05, 3.63) is 41.6 Å². The molecule has 2 aromatic rings. The number of amides is 1. The molecule has 7 nitrogen and oxygen atoms in total. The molecule has 0 unspecified atom stereocenters. The van der Waals surface area contributed by atoms with E-state index in [0.717, 1.165) is 43.2 Å². The maximum absolute atomic E-state index is 13.7. The number of benzene rings is 1. The smallest absolute Gasteiger partial charge is 0.272 e. The van der Waals surface area contributed by atoms with Crippen molar-refractivity contribution in [3.63, 3.8) is 0 Å². The number of aromatic amines is 1. The second-order valence-electron chi connectivity index (χ2n) is 10.2. The molecule has 34 heavy (non-hydrogen) atoms. The van der Waals surface area contributed by atoms with Crippen LogP contribution in [0.2, 0.25) is 0 Å². The highest BCUT2D eigenvalue weighted by atomic mass is 16.5. The molecular formula is C27H34N4O3. The van der Waals surface area contributed by atoms with Crippen LogP contribution in [-0.4, -0.2) is 71.8 Å². The molecular weight excluding hydrogens is 428 g/mol. The Morgan fingerprint density at radius 1 is 1.09 bits per heavy atom. The molecule has 180 valence electrons. The molecule has 1 amide bonds. The van der Waals surface area contributed by atoms with Crippen LogP contribution < -0.4 is 9.47 Å². The normalized spacial score (nSPS) is 28.5. The Morgan fingerprint density at radius 3 is 2.82 bits per heavy atom. The van der Waals surface area contributed by atoms with E-state index in [1.54, 1.807) is 14.2 Å². The van der Waals surface area contributed by atoms with E-state index in [0.29, 0.717) is 29.0 Å². The Labute approximate surface area is 201 Å². The summed E-state index contributed by atoms with van der Waals surface area (Å²) in [5.74, 6) is 2.59. The number of rotatable bonds is 4. The lowest BCUT2D eigenvalue weighted by atomic mass is 9.68. The van der Waals surface area contributed by atoms with Gasteiger partial charge < -0.3 is 14.4 Å². The Balaban J connectivity index is 1.26. The zero-order valence-corrected chi connectivity index (χ0v) is 20.1. The van der Waals surface area contributed by atoms with Gasteiger partial charge in [-0.3, -0.25) is 14.8 Å². The highest BCUT2D eigenvalue weighted by Crippen LogP contribution is 2.45. The van der Waals surface area contributed by atoms with Crippen LogP contribution in [-0.2, 0) is 0 Å². The summed E-state index contributed by atoms with van der Waals surface area (Å²) in [5, 5.41) is 7.48. The average Bonchev–Trinajstić information content (AvgIpc) is 3.38. The van der Waals surface area contributed by atoms with Crippen LogP contribution in [0.3, 0.4) is 0 Å². The first-order valence-electron chi connectivity index (χ1n) is 12.7. The van der Waals surface area contributed by atoms with Crippen molar-refractivity contribution in [3.8, 4) is 22.8 Å². The first-order valence-corrected chi connectivity index (χ1v) is 12.7. The molecule has 3 saturated heterocycles. The van der Waals surface area contributed by atoms with Crippen molar-refractivity contribution in [2.24, 2.45) is 11.8 Å². The van der Waals surface area contributed by atoms with Crippen molar-refractivity contribution in [2.45, 2.75) is 50.6 Å².